The van der Waals surface area contributed by atoms with Crippen molar-refractivity contribution in [3.8, 4) is 0 Å². The molecule has 2 heterocycles. The molecule has 0 atom stereocenters. The molecular weight excluding hydrogens is 296 g/mol. The number of hydrogen-bond acceptors (Lipinski definition) is 5. The third kappa shape index (κ3) is 4.11. The highest BCUT2D eigenvalue weighted by molar-refractivity contribution is 7.88. The summed E-state index contributed by atoms with van der Waals surface area (Å²) >= 11 is 0. The smallest absolute Gasteiger partial charge is 0.266 e. The Kier molecular flexibility index (Phi) is 4.73. The average Bonchev–Trinajstić information content (AvgIpc) is 2.33. The van der Waals surface area contributed by atoms with Gasteiger partial charge in [-0.15, -0.1) is 0 Å². The number of aryl methyl sites for hydroxylation is 1. The molecule has 116 valence electrons. The summed E-state index contributed by atoms with van der Waals surface area (Å²) in [5.74, 6) is -0.430. The Labute approximate surface area is 122 Å². The summed E-state index contributed by atoms with van der Waals surface area (Å²) in [7, 11) is -3.19. The van der Waals surface area contributed by atoms with E-state index in [2.05, 4.69) is 10.4 Å². The molecule has 0 saturated carbocycles. The van der Waals surface area contributed by atoms with E-state index in [9.17, 15) is 18.0 Å². The van der Waals surface area contributed by atoms with E-state index in [-0.39, 0.29) is 30.5 Å². The first kappa shape index (κ1) is 15.6. The van der Waals surface area contributed by atoms with Gasteiger partial charge in [0.05, 0.1) is 12.2 Å². The molecule has 0 bridgehead atoms. The fourth-order valence-electron chi connectivity index (χ4n) is 2.01. The molecule has 1 saturated heterocycles. The summed E-state index contributed by atoms with van der Waals surface area (Å²) in [6, 6.07) is 3.00. The van der Waals surface area contributed by atoms with Crippen LogP contribution in [0.1, 0.15) is 6.42 Å². The molecule has 1 amide bonds. The first-order valence-electron chi connectivity index (χ1n) is 6.63. The van der Waals surface area contributed by atoms with Crippen LogP contribution < -0.4 is 10.9 Å². The second kappa shape index (κ2) is 6.35. The Bertz CT molecular complexity index is 664. The maximum atomic E-state index is 11.8. The lowest BCUT2D eigenvalue weighted by atomic mass is 10.0. The summed E-state index contributed by atoms with van der Waals surface area (Å²) in [5, 5.41) is 6.66. The van der Waals surface area contributed by atoms with E-state index in [0.717, 1.165) is 6.26 Å². The second-order valence-corrected chi connectivity index (χ2v) is 6.99. The molecule has 1 fully saturated rings. The third-order valence-electron chi connectivity index (χ3n) is 3.32. The monoisotopic (exact) mass is 314 g/mol. The molecule has 1 N–H and O–H groups in total. The Morgan fingerprint density at radius 1 is 1.48 bits per heavy atom. The van der Waals surface area contributed by atoms with Crippen molar-refractivity contribution in [2.75, 3.05) is 25.9 Å². The van der Waals surface area contributed by atoms with Gasteiger partial charge in [-0.2, -0.15) is 5.10 Å². The van der Waals surface area contributed by atoms with Gasteiger partial charge in [-0.1, -0.05) is 0 Å². The van der Waals surface area contributed by atoms with Gasteiger partial charge in [-0.05, 0) is 12.5 Å². The number of nitrogens with one attached hydrogen (secondary N) is 1. The van der Waals surface area contributed by atoms with Crippen LogP contribution in [0.25, 0.3) is 0 Å². The Morgan fingerprint density at radius 2 is 2.19 bits per heavy atom. The minimum atomic E-state index is -3.19. The highest BCUT2D eigenvalue weighted by Crippen LogP contribution is 2.18. The number of sulfonamides is 1. The number of aromatic nitrogens is 2. The molecule has 1 aliphatic rings. The van der Waals surface area contributed by atoms with Gasteiger partial charge in [-0.25, -0.2) is 17.4 Å². The number of hydrogen-bond donors (Lipinski definition) is 1. The normalized spacial score (nSPS) is 16.4. The summed E-state index contributed by atoms with van der Waals surface area (Å²) in [5.41, 5.74) is -0.174. The van der Waals surface area contributed by atoms with Gasteiger partial charge in [-0.3, -0.25) is 9.59 Å². The van der Waals surface area contributed by atoms with Gasteiger partial charge in [0.25, 0.3) is 5.56 Å². The quantitative estimate of drug-likeness (QED) is 0.654. The van der Waals surface area contributed by atoms with Gasteiger partial charge < -0.3 is 5.32 Å². The second-order valence-electron chi connectivity index (χ2n) is 5.01. The van der Waals surface area contributed by atoms with Crippen LogP contribution >= 0.6 is 0 Å². The van der Waals surface area contributed by atoms with Crippen molar-refractivity contribution in [3.05, 3.63) is 28.7 Å². The lowest BCUT2D eigenvalue weighted by Crippen LogP contribution is -2.55. The van der Waals surface area contributed by atoms with E-state index in [1.54, 1.807) is 6.07 Å². The molecule has 1 aromatic rings. The molecule has 1 aliphatic heterocycles. The molecule has 2 rings (SSSR count). The molecule has 21 heavy (non-hydrogen) atoms. The zero-order chi connectivity index (χ0) is 15.5. The van der Waals surface area contributed by atoms with Gasteiger partial charge in [0, 0.05) is 38.4 Å². The van der Waals surface area contributed by atoms with Crippen LogP contribution in [-0.2, 0) is 21.4 Å². The molecule has 0 radical (unpaired) electrons. The maximum Gasteiger partial charge on any atom is 0.266 e. The third-order valence-corrected chi connectivity index (χ3v) is 4.56. The van der Waals surface area contributed by atoms with Crippen LogP contribution in [0.2, 0.25) is 0 Å². The molecule has 1 aromatic heterocycles. The standard InChI is InChI=1S/C12H18N4O4S/c1-21(19,20)15-8-10(9-15)12(18)13-5-3-7-16-11(17)4-2-6-14-16/h2,4,6,10H,3,5,7-9H2,1H3,(H,13,18). The Morgan fingerprint density at radius 3 is 2.81 bits per heavy atom. The first-order valence-corrected chi connectivity index (χ1v) is 8.48. The van der Waals surface area contributed by atoms with E-state index < -0.39 is 10.0 Å². The van der Waals surface area contributed by atoms with Crippen LogP contribution in [0.4, 0.5) is 0 Å². The van der Waals surface area contributed by atoms with E-state index in [1.807, 2.05) is 0 Å². The van der Waals surface area contributed by atoms with Crippen molar-refractivity contribution < 1.29 is 13.2 Å². The van der Waals surface area contributed by atoms with Gasteiger partial charge in [0.2, 0.25) is 15.9 Å². The molecule has 0 aromatic carbocycles. The maximum absolute atomic E-state index is 11.8. The molecule has 8 nitrogen and oxygen atoms in total. The van der Waals surface area contributed by atoms with E-state index in [0.29, 0.717) is 19.5 Å². The minimum absolute atomic E-state index is 0.150. The van der Waals surface area contributed by atoms with E-state index in [1.165, 1.54) is 21.3 Å². The molecule has 0 unspecified atom stereocenters. The molecule has 0 spiro atoms. The number of amides is 1. The Hall–Kier alpha value is -1.74. The van der Waals surface area contributed by atoms with Crippen LogP contribution in [-0.4, -0.2) is 54.3 Å². The van der Waals surface area contributed by atoms with Crippen molar-refractivity contribution >= 4 is 15.9 Å². The zero-order valence-electron chi connectivity index (χ0n) is 11.7. The fraction of sp³-hybridized carbons (Fsp3) is 0.583. The largest absolute Gasteiger partial charge is 0.356 e. The lowest BCUT2D eigenvalue weighted by Gasteiger charge is -2.35. The molecule has 9 heteroatoms. The minimum Gasteiger partial charge on any atom is -0.356 e. The van der Waals surface area contributed by atoms with E-state index in [4.69, 9.17) is 0 Å². The van der Waals surface area contributed by atoms with Crippen LogP contribution in [0.5, 0.6) is 0 Å². The van der Waals surface area contributed by atoms with Crippen molar-refractivity contribution in [3.63, 3.8) is 0 Å². The highest BCUT2D eigenvalue weighted by atomic mass is 32.2. The Balaban J connectivity index is 1.67. The van der Waals surface area contributed by atoms with Gasteiger partial charge in [0.1, 0.15) is 0 Å². The average molecular weight is 314 g/mol. The van der Waals surface area contributed by atoms with Crippen LogP contribution in [0.15, 0.2) is 23.1 Å². The number of nitrogens with zero attached hydrogens (tertiary/aromatic N) is 3. The van der Waals surface area contributed by atoms with Crippen LogP contribution in [0, 0.1) is 5.92 Å². The lowest BCUT2D eigenvalue weighted by molar-refractivity contribution is -0.128. The molecular formula is C12H18N4O4S. The van der Waals surface area contributed by atoms with Gasteiger partial charge in [0.15, 0.2) is 0 Å². The summed E-state index contributed by atoms with van der Waals surface area (Å²) in [4.78, 5) is 23.2. The van der Waals surface area contributed by atoms with E-state index >= 15 is 0 Å². The van der Waals surface area contributed by atoms with Crippen molar-refractivity contribution in [2.45, 2.75) is 13.0 Å². The summed E-state index contributed by atoms with van der Waals surface area (Å²) < 4.78 is 25.0. The number of carbonyl (C=O) groups excluding carboxylic acids is 1. The predicted molar refractivity (Wildman–Crippen MR) is 76.0 cm³/mol. The number of rotatable bonds is 6. The van der Waals surface area contributed by atoms with Crippen molar-refractivity contribution in [1.29, 1.82) is 0 Å². The summed E-state index contributed by atoms with van der Waals surface area (Å²) in [6.45, 7) is 1.34. The van der Waals surface area contributed by atoms with Gasteiger partial charge >= 0.3 is 0 Å². The van der Waals surface area contributed by atoms with Crippen LogP contribution in [0.3, 0.4) is 0 Å². The fourth-order valence-corrected chi connectivity index (χ4v) is 2.92. The first-order chi connectivity index (χ1) is 9.88. The topological polar surface area (TPSA) is 101 Å². The SMILES string of the molecule is CS(=O)(=O)N1CC(C(=O)NCCCn2ncccc2=O)C1. The number of carbonyl (C=O) groups is 1. The van der Waals surface area contributed by atoms with Crippen molar-refractivity contribution in [1.82, 2.24) is 19.4 Å². The predicted octanol–water partition coefficient (Wildman–Crippen LogP) is -1.36. The summed E-state index contributed by atoms with van der Waals surface area (Å²) in [6.07, 6.45) is 3.25. The zero-order valence-corrected chi connectivity index (χ0v) is 12.5. The highest BCUT2D eigenvalue weighted by Gasteiger charge is 2.37. The van der Waals surface area contributed by atoms with Crippen molar-refractivity contribution in [2.24, 2.45) is 5.92 Å². The molecule has 0 aliphatic carbocycles.